The fourth-order valence-corrected chi connectivity index (χ4v) is 8.25. The molecule has 0 aromatic heterocycles. The van der Waals surface area contributed by atoms with Gasteiger partial charge in [-0.3, -0.25) is 9.59 Å². The first-order valence-electron chi connectivity index (χ1n) is 26.6. The number of nitrogens with one attached hydrogen (secondary N) is 1. The van der Waals surface area contributed by atoms with Crippen molar-refractivity contribution in [2.75, 3.05) is 19.8 Å². The lowest BCUT2D eigenvalue weighted by Crippen LogP contribution is -2.60. The van der Waals surface area contributed by atoms with Gasteiger partial charge in [-0.05, 0) is 57.8 Å². The Morgan fingerprint density at radius 1 is 0.562 bits per heavy atom. The molecule has 0 spiro atoms. The Hall–Kier alpha value is -1.86. The fourth-order valence-electron chi connectivity index (χ4n) is 8.25. The molecule has 11 nitrogen and oxygen atoms in total. The summed E-state index contributed by atoms with van der Waals surface area (Å²) in [5.41, 5.74) is 0. The number of hydrogen-bond acceptors (Lipinski definition) is 10. The molecule has 0 aliphatic carbocycles. The predicted octanol–water partition coefficient (Wildman–Crippen LogP) is 11.0. The van der Waals surface area contributed by atoms with Crippen molar-refractivity contribution in [3.63, 3.8) is 0 Å². The predicted molar refractivity (Wildman–Crippen MR) is 260 cm³/mol. The van der Waals surface area contributed by atoms with Crippen LogP contribution in [0.25, 0.3) is 0 Å². The third kappa shape index (κ3) is 33.6. The molecular weight excluding hydrogens is 811 g/mol. The van der Waals surface area contributed by atoms with Gasteiger partial charge in [0.05, 0.1) is 32.0 Å². The molecule has 0 bridgehead atoms. The first-order chi connectivity index (χ1) is 31.2. The van der Waals surface area contributed by atoms with Crippen LogP contribution in [0.3, 0.4) is 0 Å². The van der Waals surface area contributed by atoms with E-state index < -0.39 is 49.5 Å². The second kappa shape index (κ2) is 43.7. The lowest BCUT2D eigenvalue weighted by molar-refractivity contribution is -0.302. The van der Waals surface area contributed by atoms with Crippen molar-refractivity contribution in [2.24, 2.45) is 0 Å². The van der Waals surface area contributed by atoms with E-state index >= 15 is 0 Å². The highest BCUT2D eigenvalue weighted by molar-refractivity contribution is 5.76. The van der Waals surface area contributed by atoms with Crippen LogP contribution in [-0.4, -0.2) is 100 Å². The van der Waals surface area contributed by atoms with E-state index in [4.69, 9.17) is 14.2 Å². The molecule has 1 aliphatic heterocycles. The highest BCUT2D eigenvalue weighted by atomic mass is 16.7. The Morgan fingerprint density at radius 3 is 1.53 bits per heavy atom. The summed E-state index contributed by atoms with van der Waals surface area (Å²) >= 11 is 0. The summed E-state index contributed by atoms with van der Waals surface area (Å²) in [5.74, 6) is -0.222. The van der Waals surface area contributed by atoms with Crippen molar-refractivity contribution in [3.8, 4) is 0 Å². The van der Waals surface area contributed by atoms with Crippen LogP contribution >= 0.6 is 0 Å². The van der Waals surface area contributed by atoms with Crippen molar-refractivity contribution in [1.82, 2.24) is 5.32 Å². The van der Waals surface area contributed by atoms with Crippen LogP contribution in [0.5, 0.6) is 0 Å². The molecule has 0 radical (unpaired) electrons. The minimum atomic E-state index is -1.57. The fraction of sp³-hybridized carbons (Fsp3) is 0.887. The number of esters is 1. The molecule has 1 fully saturated rings. The van der Waals surface area contributed by atoms with Gasteiger partial charge in [0, 0.05) is 12.8 Å². The molecule has 1 saturated heterocycles. The van der Waals surface area contributed by atoms with E-state index in [9.17, 15) is 35.1 Å². The summed E-state index contributed by atoms with van der Waals surface area (Å²) in [7, 11) is 0. The second-order valence-corrected chi connectivity index (χ2v) is 18.6. The highest BCUT2D eigenvalue weighted by Crippen LogP contribution is 2.23. The first kappa shape index (κ1) is 60.2. The number of carbonyl (C=O) groups excluding carboxylic acids is 2. The van der Waals surface area contributed by atoms with E-state index in [1.807, 2.05) is 6.08 Å². The molecule has 6 N–H and O–H groups in total. The summed E-state index contributed by atoms with van der Waals surface area (Å²) in [5, 5.41) is 54.1. The quantitative estimate of drug-likeness (QED) is 0.0196. The Labute approximate surface area is 391 Å². The summed E-state index contributed by atoms with van der Waals surface area (Å²) in [6.07, 6.45) is 39.7. The van der Waals surface area contributed by atoms with E-state index in [0.29, 0.717) is 19.4 Å². The summed E-state index contributed by atoms with van der Waals surface area (Å²) in [6.45, 7) is 4.25. The maximum absolute atomic E-state index is 13.0. The number of rotatable bonds is 45. The van der Waals surface area contributed by atoms with Gasteiger partial charge < -0.3 is 45.1 Å². The SMILES string of the molecule is CCCCC/C=C\CCCCCCCC(=O)OCCCCCCCCCCCCCCCCCC(=O)NC(COC1OC(CO)C(O)C(O)C1O)C(O)/C=C/CCCCCCCCC. The highest BCUT2D eigenvalue weighted by Gasteiger charge is 2.44. The zero-order chi connectivity index (χ0) is 46.7. The van der Waals surface area contributed by atoms with Crippen molar-refractivity contribution < 1.29 is 49.3 Å². The lowest BCUT2D eigenvalue weighted by Gasteiger charge is -2.40. The van der Waals surface area contributed by atoms with Gasteiger partial charge in [-0.25, -0.2) is 0 Å². The Balaban J connectivity index is 2.10. The van der Waals surface area contributed by atoms with Gasteiger partial charge in [0.25, 0.3) is 0 Å². The zero-order valence-corrected chi connectivity index (χ0v) is 41.0. The van der Waals surface area contributed by atoms with Crippen molar-refractivity contribution >= 4 is 11.9 Å². The van der Waals surface area contributed by atoms with Crippen LogP contribution in [-0.2, 0) is 23.8 Å². The number of unbranched alkanes of at least 4 members (excludes halogenated alkanes) is 29. The van der Waals surface area contributed by atoms with E-state index in [0.717, 1.165) is 70.6 Å². The number of hydrogen-bond donors (Lipinski definition) is 6. The Kier molecular flexibility index (Phi) is 41.1. The zero-order valence-electron chi connectivity index (χ0n) is 41.0. The monoisotopic (exact) mass is 910 g/mol. The summed E-state index contributed by atoms with van der Waals surface area (Å²) < 4.78 is 16.6. The molecule has 11 heteroatoms. The summed E-state index contributed by atoms with van der Waals surface area (Å²) in [4.78, 5) is 25.0. The number of amides is 1. The van der Waals surface area contributed by atoms with Crippen LogP contribution in [0.15, 0.2) is 24.3 Å². The molecule has 7 atom stereocenters. The molecule has 376 valence electrons. The van der Waals surface area contributed by atoms with Gasteiger partial charge in [0.2, 0.25) is 5.91 Å². The first-order valence-corrected chi connectivity index (χ1v) is 26.6. The Bertz CT molecular complexity index is 1120. The molecule has 1 heterocycles. The number of ether oxygens (including phenoxy) is 3. The molecule has 1 amide bonds. The van der Waals surface area contributed by atoms with Crippen LogP contribution in [0.1, 0.15) is 239 Å². The summed E-state index contributed by atoms with van der Waals surface area (Å²) in [6, 6.07) is -0.814. The smallest absolute Gasteiger partial charge is 0.305 e. The van der Waals surface area contributed by atoms with Gasteiger partial charge >= 0.3 is 5.97 Å². The second-order valence-electron chi connectivity index (χ2n) is 18.6. The molecule has 7 unspecified atom stereocenters. The minimum Gasteiger partial charge on any atom is -0.466 e. The maximum atomic E-state index is 13.0. The standard InChI is InChI=1S/C53H99NO10/c1-3-5-7-9-11-13-14-21-25-29-33-37-41-49(58)62-42-38-34-30-26-22-19-17-15-16-18-20-24-28-32-36-40-48(57)54-45(46(56)39-35-31-27-23-12-10-8-6-4-2)44-63-53-52(61)51(60)50(59)47(43-55)64-53/h11,13,35,39,45-47,50-53,55-56,59-61H,3-10,12,14-34,36-38,40-44H2,1-2H3,(H,54,57)/b13-11-,39-35+. The van der Waals surface area contributed by atoms with E-state index in [1.54, 1.807) is 6.08 Å². The third-order valence-electron chi connectivity index (χ3n) is 12.6. The lowest BCUT2D eigenvalue weighted by atomic mass is 9.99. The molecule has 1 aliphatic rings. The van der Waals surface area contributed by atoms with Crippen LogP contribution in [0.2, 0.25) is 0 Å². The van der Waals surface area contributed by atoms with E-state index in [1.165, 1.54) is 141 Å². The van der Waals surface area contributed by atoms with Crippen molar-refractivity contribution in [3.05, 3.63) is 24.3 Å². The molecule has 0 aromatic carbocycles. The molecule has 1 rings (SSSR count). The van der Waals surface area contributed by atoms with Gasteiger partial charge in [-0.15, -0.1) is 0 Å². The molecule has 0 saturated carbocycles. The number of allylic oxidation sites excluding steroid dienone is 3. The average Bonchev–Trinajstić information content (AvgIpc) is 3.29. The van der Waals surface area contributed by atoms with E-state index in [-0.39, 0.29) is 18.5 Å². The van der Waals surface area contributed by atoms with Gasteiger partial charge in [-0.2, -0.15) is 0 Å². The molecule has 0 aromatic rings. The maximum Gasteiger partial charge on any atom is 0.305 e. The number of aliphatic hydroxyl groups is 5. The molecular formula is C53H99NO10. The molecule has 64 heavy (non-hydrogen) atoms. The van der Waals surface area contributed by atoms with Crippen molar-refractivity contribution in [2.45, 2.75) is 281 Å². The van der Waals surface area contributed by atoms with Crippen LogP contribution < -0.4 is 5.32 Å². The minimum absolute atomic E-state index is 0.0292. The largest absolute Gasteiger partial charge is 0.466 e. The normalized spacial score (nSPS) is 20.0. The number of carbonyl (C=O) groups is 2. The van der Waals surface area contributed by atoms with Gasteiger partial charge in [0.15, 0.2) is 6.29 Å². The third-order valence-corrected chi connectivity index (χ3v) is 12.6. The van der Waals surface area contributed by atoms with E-state index in [2.05, 4.69) is 31.3 Å². The van der Waals surface area contributed by atoms with Crippen LogP contribution in [0, 0.1) is 0 Å². The van der Waals surface area contributed by atoms with Crippen LogP contribution in [0.4, 0.5) is 0 Å². The topological polar surface area (TPSA) is 175 Å². The average molecular weight is 910 g/mol. The van der Waals surface area contributed by atoms with Gasteiger partial charge in [0.1, 0.15) is 24.4 Å². The van der Waals surface area contributed by atoms with Gasteiger partial charge in [-0.1, -0.05) is 192 Å². The van der Waals surface area contributed by atoms with Crippen molar-refractivity contribution in [1.29, 1.82) is 0 Å². The number of aliphatic hydroxyl groups excluding tert-OH is 5. The Morgan fingerprint density at radius 2 is 1.00 bits per heavy atom.